The number of phenolic OH excluding ortho intramolecular Hbond substituents is 1. The number of hydrogen-bond acceptors (Lipinski definition) is 4. The van der Waals surface area contributed by atoms with Gasteiger partial charge in [0, 0.05) is 12.1 Å². The van der Waals surface area contributed by atoms with Crippen LogP contribution in [0.2, 0.25) is 0 Å². The summed E-state index contributed by atoms with van der Waals surface area (Å²) in [6.45, 7) is 4.29. The highest BCUT2D eigenvalue weighted by molar-refractivity contribution is 9.10. The van der Waals surface area contributed by atoms with E-state index in [0.29, 0.717) is 16.6 Å². The van der Waals surface area contributed by atoms with Crippen LogP contribution in [-0.2, 0) is 9.53 Å². The fourth-order valence-corrected chi connectivity index (χ4v) is 1.96. The summed E-state index contributed by atoms with van der Waals surface area (Å²) in [5.41, 5.74) is 0.337. The van der Waals surface area contributed by atoms with E-state index in [0.717, 1.165) is 6.42 Å². The quantitative estimate of drug-likeness (QED) is 0.806. The molecule has 20 heavy (non-hydrogen) atoms. The first-order chi connectivity index (χ1) is 9.49. The largest absolute Gasteiger partial charge is 0.507 e. The van der Waals surface area contributed by atoms with Crippen molar-refractivity contribution in [2.75, 3.05) is 19.7 Å². The average molecular weight is 344 g/mol. The Labute approximate surface area is 126 Å². The molecule has 1 N–H and O–H groups in total. The van der Waals surface area contributed by atoms with Crippen molar-refractivity contribution in [3.05, 3.63) is 28.2 Å². The van der Waals surface area contributed by atoms with Gasteiger partial charge in [0.25, 0.3) is 5.91 Å². The third-order valence-electron chi connectivity index (χ3n) is 2.60. The van der Waals surface area contributed by atoms with Gasteiger partial charge in [-0.15, -0.1) is 0 Å². The monoisotopic (exact) mass is 343 g/mol. The van der Waals surface area contributed by atoms with Crippen molar-refractivity contribution in [2.24, 2.45) is 0 Å². The molecule has 0 saturated carbocycles. The zero-order valence-corrected chi connectivity index (χ0v) is 13.1. The van der Waals surface area contributed by atoms with Crippen molar-refractivity contribution in [3.8, 4) is 5.75 Å². The van der Waals surface area contributed by atoms with Crippen molar-refractivity contribution in [3.63, 3.8) is 0 Å². The van der Waals surface area contributed by atoms with E-state index < -0.39 is 5.97 Å². The highest BCUT2D eigenvalue weighted by Gasteiger charge is 2.19. The van der Waals surface area contributed by atoms with Crippen LogP contribution in [0.3, 0.4) is 0 Å². The van der Waals surface area contributed by atoms with Gasteiger partial charge in [0.2, 0.25) is 0 Å². The zero-order chi connectivity index (χ0) is 15.1. The Kier molecular flexibility index (Phi) is 6.51. The van der Waals surface area contributed by atoms with E-state index >= 15 is 0 Å². The molecule has 0 fully saturated rings. The number of carbonyl (C=O) groups is 2. The predicted octanol–water partition coefficient (Wildman–Crippen LogP) is 2.57. The molecule has 0 atom stereocenters. The number of nitrogens with zero attached hydrogens (tertiary/aromatic N) is 1. The van der Waals surface area contributed by atoms with Crippen molar-refractivity contribution >= 4 is 27.8 Å². The van der Waals surface area contributed by atoms with Gasteiger partial charge in [0.15, 0.2) is 0 Å². The lowest BCUT2D eigenvalue weighted by molar-refractivity contribution is -0.143. The number of amides is 1. The minimum Gasteiger partial charge on any atom is -0.507 e. The summed E-state index contributed by atoms with van der Waals surface area (Å²) in [6, 6.07) is 4.57. The number of benzene rings is 1. The van der Waals surface area contributed by atoms with Gasteiger partial charge in [0.1, 0.15) is 12.3 Å². The number of hydrogen-bond donors (Lipinski definition) is 1. The molecule has 0 heterocycles. The van der Waals surface area contributed by atoms with Crippen molar-refractivity contribution < 1.29 is 19.4 Å². The zero-order valence-electron chi connectivity index (χ0n) is 11.6. The maximum atomic E-state index is 12.3. The normalized spacial score (nSPS) is 10.2. The third-order valence-corrected chi connectivity index (χ3v) is 3.27. The molecule has 1 amide bonds. The molecule has 0 spiro atoms. The van der Waals surface area contributed by atoms with Crippen LogP contribution < -0.4 is 0 Å². The third kappa shape index (κ3) is 4.52. The molecule has 0 radical (unpaired) electrons. The number of esters is 1. The maximum absolute atomic E-state index is 12.3. The lowest BCUT2D eigenvalue weighted by Gasteiger charge is -2.21. The topological polar surface area (TPSA) is 66.8 Å². The summed E-state index contributed by atoms with van der Waals surface area (Å²) in [7, 11) is 0. The fourth-order valence-electron chi connectivity index (χ4n) is 1.71. The lowest BCUT2D eigenvalue weighted by atomic mass is 10.2. The van der Waals surface area contributed by atoms with E-state index in [1.165, 1.54) is 11.0 Å². The standard InChI is InChI=1S/C14H18BrNO4/c1-3-7-16(9-13(18)20-4-2)14(19)10-5-6-11(15)12(17)8-10/h5-6,8,17H,3-4,7,9H2,1-2H3. The van der Waals surface area contributed by atoms with Crippen molar-refractivity contribution in [1.29, 1.82) is 0 Å². The molecular weight excluding hydrogens is 326 g/mol. The number of halogens is 1. The van der Waals surface area contributed by atoms with Gasteiger partial charge in [-0.05, 0) is 47.5 Å². The van der Waals surface area contributed by atoms with Crippen LogP contribution in [0.4, 0.5) is 0 Å². The Hall–Kier alpha value is -1.56. The minimum atomic E-state index is -0.435. The van der Waals surface area contributed by atoms with Gasteiger partial charge in [-0.1, -0.05) is 6.92 Å². The van der Waals surface area contributed by atoms with Gasteiger partial charge < -0.3 is 14.7 Å². The van der Waals surface area contributed by atoms with Gasteiger partial charge in [-0.3, -0.25) is 9.59 Å². The molecule has 0 saturated heterocycles. The Balaban J connectivity index is 2.87. The van der Waals surface area contributed by atoms with E-state index in [2.05, 4.69) is 15.9 Å². The van der Waals surface area contributed by atoms with E-state index in [-0.39, 0.29) is 24.8 Å². The van der Waals surface area contributed by atoms with Crippen LogP contribution in [0, 0.1) is 0 Å². The van der Waals surface area contributed by atoms with E-state index in [1.54, 1.807) is 19.1 Å². The van der Waals surface area contributed by atoms with Crippen LogP contribution >= 0.6 is 15.9 Å². The van der Waals surface area contributed by atoms with Crippen LogP contribution in [0.5, 0.6) is 5.75 Å². The summed E-state index contributed by atoms with van der Waals surface area (Å²) in [4.78, 5) is 25.3. The number of rotatable bonds is 6. The smallest absolute Gasteiger partial charge is 0.325 e. The molecule has 0 aliphatic rings. The Bertz CT molecular complexity index is 490. The van der Waals surface area contributed by atoms with Gasteiger partial charge in [-0.25, -0.2) is 0 Å². The second-order valence-electron chi connectivity index (χ2n) is 4.20. The maximum Gasteiger partial charge on any atom is 0.325 e. The molecule has 5 nitrogen and oxygen atoms in total. The Morgan fingerprint density at radius 3 is 2.60 bits per heavy atom. The summed E-state index contributed by atoms with van der Waals surface area (Å²) in [6.07, 6.45) is 0.730. The summed E-state index contributed by atoms with van der Waals surface area (Å²) in [5, 5.41) is 9.62. The molecule has 1 aromatic carbocycles. The van der Waals surface area contributed by atoms with Crippen molar-refractivity contribution in [1.82, 2.24) is 4.90 Å². The van der Waals surface area contributed by atoms with Crippen molar-refractivity contribution in [2.45, 2.75) is 20.3 Å². The van der Waals surface area contributed by atoms with Crippen LogP contribution in [0.15, 0.2) is 22.7 Å². The van der Waals surface area contributed by atoms with E-state index in [4.69, 9.17) is 4.74 Å². The highest BCUT2D eigenvalue weighted by atomic mass is 79.9. The van der Waals surface area contributed by atoms with Crippen LogP contribution in [-0.4, -0.2) is 41.6 Å². The van der Waals surface area contributed by atoms with Gasteiger partial charge in [-0.2, -0.15) is 0 Å². The second-order valence-corrected chi connectivity index (χ2v) is 5.05. The first-order valence-corrected chi connectivity index (χ1v) is 7.22. The van der Waals surface area contributed by atoms with E-state index in [1.807, 2.05) is 6.92 Å². The molecule has 1 rings (SSSR count). The molecule has 110 valence electrons. The molecule has 0 aromatic heterocycles. The summed E-state index contributed by atoms with van der Waals surface area (Å²) in [5.74, 6) is -0.748. The second kappa shape index (κ2) is 7.89. The Morgan fingerprint density at radius 1 is 1.35 bits per heavy atom. The number of aromatic hydroxyl groups is 1. The number of carbonyl (C=O) groups excluding carboxylic acids is 2. The molecule has 1 aromatic rings. The summed E-state index contributed by atoms with van der Waals surface area (Å²) < 4.78 is 5.37. The first-order valence-electron chi connectivity index (χ1n) is 6.43. The summed E-state index contributed by atoms with van der Waals surface area (Å²) >= 11 is 3.16. The molecular formula is C14H18BrNO4. The van der Waals surface area contributed by atoms with Gasteiger partial charge in [0.05, 0.1) is 11.1 Å². The van der Waals surface area contributed by atoms with E-state index in [9.17, 15) is 14.7 Å². The molecule has 6 heteroatoms. The molecule has 0 bridgehead atoms. The minimum absolute atomic E-state index is 0.0107. The fraction of sp³-hybridized carbons (Fsp3) is 0.429. The molecule has 0 aliphatic carbocycles. The molecule has 0 aliphatic heterocycles. The molecule has 0 unspecified atom stereocenters. The van der Waals surface area contributed by atoms with Crippen LogP contribution in [0.25, 0.3) is 0 Å². The SMILES string of the molecule is CCCN(CC(=O)OCC)C(=O)c1ccc(Br)c(O)c1. The first kappa shape index (κ1) is 16.5. The number of ether oxygens (including phenoxy) is 1. The lowest BCUT2D eigenvalue weighted by Crippen LogP contribution is -2.37. The number of phenols is 1. The van der Waals surface area contributed by atoms with Crippen LogP contribution in [0.1, 0.15) is 30.6 Å². The van der Waals surface area contributed by atoms with Gasteiger partial charge >= 0.3 is 5.97 Å². The Morgan fingerprint density at radius 2 is 2.05 bits per heavy atom. The average Bonchev–Trinajstić information content (AvgIpc) is 2.41. The highest BCUT2D eigenvalue weighted by Crippen LogP contribution is 2.24. The predicted molar refractivity (Wildman–Crippen MR) is 78.6 cm³/mol.